The second kappa shape index (κ2) is 8.23. The summed E-state index contributed by atoms with van der Waals surface area (Å²) in [6, 6.07) is 0. The molecule has 0 aliphatic carbocycles. The van der Waals surface area contributed by atoms with E-state index in [9.17, 15) is 4.79 Å². The Morgan fingerprint density at radius 3 is 2.75 bits per heavy atom. The lowest BCUT2D eigenvalue weighted by atomic mass is 10.2. The summed E-state index contributed by atoms with van der Waals surface area (Å²) in [6.45, 7) is 1.89. The number of thiazole rings is 2. The SMILES string of the molecule is CCc1sc(N)nc1C(=NOC)C(=O)O.c1cscn1. The van der Waals surface area contributed by atoms with Gasteiger partial charge < -0.3 is 15.7 Å². The maximum Gasteiger partial charge on any atom is 0.360 e. The smallest absolute Gasteiger partial charge is 0.360 e. The quantitative estimate of drug-likeness (QED) is 0.658. The first-order valence-electron chi connectivity index (χ1n) is 5.52. The van der Waals surface area contributed by atoms with Crippen molar-refractivity contribution < 1.29 is 14.7 Å². The van der Waals surface area contributed by atoms with E-state index in [1.807, 2.05) is 12.3 Å². The van der Waals surface area contributed by atoms with Crippen molar-refractivity contribution in [2.45, 2.75) is 13.3 Å². The van der Waals surface area contributed by atoms with Crippen LogP contribution in [0.4, 0.5) is 5.13 Å². The van der Waals surface area contributed by atoms with Crippen LogP contribution >= 0.6 is 22.7 Å². The van der Waals surface area contributed by atoms with Crippen LogP contribution in [0.1, 0.15) is 17.5 Å². The van der Waals surface area contributed by atoms with Crippen LogP contribution in [-0.4, -0.2) is 33.9 Å². The number of carboxylic acid groups (broad SMARTS) is 1. The van der Waals surface area contributed by atoms with E-state index in [1.165, 1.54) is 18.4 Å². The number of hydrogen-bond donors (Lipinski definition) is 2. The fourth-order valence-corrected chi connectivity index (χ4v) is 2.37. The first-order valence-corrected chi connectivity index (χ1v) is 7.28. The summed E-state index contributed by atoms with van der Waals surface area (Å²) in [4.78, 5) is 23.8. The van der Waals surface area contributed by atoms with Crippen molar-refractivity contribution in [1.29, 1.82) is 0 Å². The highest BCUT2D eigenvalue weighted by Crippen LogP contribution is 2.21. The Bertz CT molecular complexity index is 549. The molecule has 0 spiro atoms. The van der Waals surface area contributed by atoms with E-state index in [0.717, 1.165) is 4.88 Å². The molecule has 0 saturated heterocycles. The van der Waals surface area contributed by atoms with E-state index in [0.29, 0.717) is 11.6 Å². The molecular weight excluding hydrogens is 300 g/mol. The second-order valence-corrected chi connectivity index (χ2v) is 5.15. The number of aliphatic carboxylic acids is 1. The van der Waals surface area contributed by atoms with Crippen molar-refractivity contribution in [2.24, 2.45) is 5.16 Å². The summed E-state index contributed by atoms with van der Waals surface area (Å²) in [6.07, 6.45) is 2.42. The van der Waals surface area contributed by atoms with Crippen LogP contribution in [0.3, 0.4) is 0 Å². The molecule has 0 atom stereocenters. The molecular formula is C11H14N4O3S2. The van der Waals surface area contributed by atoms with Gasteiger partial charge in [0.05, 0.1) is 5.51 Å². The molecule has 2 aromatic heterocycles. The summed E-state index contributed by atoms with van der Waals surface area (Å²) in [5.41, 5.74) is 7.37. The van der Waals surface area contributed by atoms with Gasteiger partial charge in [0.1, 0.15) is 12.8 Å². The van der Waals surface area contributed by atoms with E-state index >= 15 is 0 Å². The minimum Gasteiger partial charge on any atom is -0.476 e. The highest BCUT2D eigenvalue weighted by atomic mass is 32.1. The third-order valence-corrected chi connectivity index (χ3v) is 3.54. The fourth-order valence-electron chi connectivity index (χ4n) is 1.25. The number of anilines is 1. The number of nitrogens with zero attached hydrogens (tertiary/aromatic N) is 3. The van der Waals surface area contributed by atoms with Crippen molar-refractivity contribution in [2.75, 3.05) is 12.8 Å². The summed E-state index contributed by atoms with van der Waals surface area (Å²) < 4.78 is 0. The van der Waals surface area contributed by atoms with Gasteiger partial charge in [-0.05, 0) is 6.42 Å². The van der Waals surface area contributed by atoms with E-state index in [2.05, 4.69) is 20.0 Å². The van der Waals surface area contributed by atoms with Gasteiger partial charge in [-0.15, -0.1) is 22.7 Å². The van der Waals surface area contributed by atoms with Gasteiger partial charge in [-0.3, -0.25) is 4.98 Å². The Labute approximate surface area is 123 Å². The zero-order valence-corrected chi connectivity index (χ0v) is 12.6. The molecule has 0 aliphatic rings. The highest BCUT2D eigenvalue weighted by molar-refractivity contribution is 7.15. The predicted molar refractivity (Wildman–Crippen MR) is 79.2 cm³/mol. The Morgan fingerprint density at radius 1 is 1.60 bits per heavy atom. The number of rotatable bonds is 4. The average Bonchev–Trinajstić information content (AvgIpc) is 3.07. The molecule has 0 saturated carbocycles. The molecule has 0 aromatic carbocycles. The van der Waals surface area contributed by atoms with E-state index < -0.39 is 5.97 Å². The van der Waals surface area contributed by atoms with Crippen molar-refractivity contribution >= 4 is 39.5 Å². The van der Waals surface area contributed by atoms with Crippen molar-refractivity contribution in [1.82, 2.24) is 9.97 Å². The lowest BCUT2D eigenvalue weighted by molar-refractivity contribution is -0.129. The Hall–Kier alpha value is -2.00. The molecule has 0 aliphatic heterocycles. The van der Waals surface area contributed by atoms with Crippen LogP contribution in [0.5, 0.6) is 0 Å². The molecule has 9 heteroatoms. The zero-order chi connectivity index (χ0) is 15.0. The molecule has 2 heterocycles. The van der Waals surface area contributed by atoms with Crippen LogP contribution in [0.15, 0.2) is 22.2 Å². The molecule has 7 nitrogen and oxygen atoms in total. The highest BCUT2D eigenvalue weighted by Gasteiger charge is 2.21. The summed E-state index contributed by atoms with van der Waals surface area (Å²) in [5, 5.41) is 14.6. The third kappa shape index (κ3) is 4.59. The molecule has 0 unspecified atom stereocenters. The van der Waals surface area contributed by atoms with Gasteiger partial charge in [0, 0.05) is 16.5 Å². The van der Waals surface area contributed by atoms with Crippen LogP contribution in [0.25, 0.3) is 0 Å². The van der Waals surface area contributed by atoms with Gasteiger partial charge in [-0.25, -0.2) is 9.78 Å². The first-order chi connectivity index (χ1) is 9.60. The lowest BCUT2D eigenvalue weighted by Gasteiger charge is -1.98. The number of nitrogen functional groups attached to an aromatic ring is 1. The molecule has 20 heavy (non-hydrogen) atoms. The topological polar surface area (TPSA) is 111 Å². The van der Waals surface area contributed by atoms with Gasteiger partial charge in [0.25, 0.3) is 0 Å². The number of carboxylic acids is 1. The number of hydrogen-bond acceptors (Lipinski definition) is 8. The minimum atomic E-state index is -1.18. The number of nitrogens with two attached hydrogens (primary N) is 1. The molecule has 0 fully saturated rings. The summed E-state index contributed by atoms with van der Waals surface area (Å²) >= 11 is 2.85. The van der Waals surface area contributed by atoms with Crippen LogP contribution < -0.4 is 5.73 Å². The minimum absolute atomic E-state index is 0.220. The lowest BCUT2D eigenvalue weighted by Crippen LogP contribution is -2.17. The summed E-state index contributed by atoms with van der Waals surface area (Å²) in [5.74, 6) is -1.18. The maximum atomic E-state index is 10.9. The molecule has 0 bridgehead atoms. The van der Waals surface area contributed by atoms with Crippen molar-refractivity contribution in [3.05, 3.63) is 27.7 Å². The number of aromatic nitrogens is 2. The van der Waals surface area contributed by atoms with Crippen LogP contribution in [0.2, 0.25) is 0 Å². The Balaban J connectivity index is 0.000000333. The number of oxime groups is 1. The van der Waals surface area contributed by atoms with Gasteiger partial charge in [-0.2, -0.15) is 0 Å². The Morgan fingerprint density at radius 2 is 2.35 bits per heavy atom. The van der Waals surface area contributed by atoms with Crippen molar-refractivity contribution in [3.63, 3.8) is 0 Å². The first kappa shape index (κ1) is 16.1. The maximum absolute atomic E-state index is 10.9. The largest absolute Gasteiger partial charge is 0.476 e. The van der Waals surface area contributed by atoms with Gasteiger partial charge in [0.15, 0.2) is 5.13 Å². The standard InChI is InChI=1S/C8H11N3O3S.C3H3NS/c1-3-4-5(10-8(9)15-4)6(7(12)13)11-14-2;1-2-5-3-4-1/h3H2,1-2H3,(H2,9,10)(H,12,13);1-3H. The number of aryl methyl sites for hydroxylation is 1. The predicted octanol–water partition coefficient (Wildman–Crippen LogP) is 1.87. The van der Waals surface area contributed by atoms with Gasteiger partial charge in [0.2, 0.25) is 5.71 Å². The average molecular weight is 314 g/mol. The normalized spacial score (nSPS) is 10.6. The molecule has 0 radical (unpaired) electrons. The van der Waals surface area contributed by atoms with Gasteiger partial charge >= 0.3 is 5.97 Å². The zero-order valence-electron chi connectivity index (χ0n) is 10.9. The van der Waals surface area contributed by atoms with E-state index in [-0.39, 0.29) is 11.4 Å². The number of carbonyl (C=O) groups is 1. The molecule has 0 amide bonds. The third-order valence-electron chi connectivity index (χ3n) is 1.99. The van der Waals surface area contributed by atoms with Crippen molar-refractivity contribution in [3.8, 4) is 0 Å². The Kier molecular flexibility index (Phi) is 6.60. The second-order valence-electron chi connectivity index (χ2n) is 3.28. The van der Waals surface area contributed by atoms with Gasteiger partial charge in [-0.1, -0.05) is 12.1 Å². The molecule has 3 N–H and O–H groups in total. The molecule has 108 valence electrons. The molecule has 2 rings (SSSR count). The van der Waals surface area contributed by atoms with E-state index in [1.54, 1.807) is 23.0 Å². The van der Waals surface area contributed by atoms with Crippen LogP contribution in [-0.2, 0) is 16.1 Å². The monoisotopic (exact) mass is 314 g/mol. The molecule has 2 aromatic rings. The fraction of sp³-hybridized carbons (Fsp3) is 0.273. The summed E-state index contributed by atoms with van der Waals surface area (Å²) in [7, 11) is 1.28. The van der Waals surface area contributed by atoms with E-state index in [4.69, 9.17) is 10.8 Å². The van der Waals surface area contributed by atoms with Crippen LogP contribution in [0, 0.1) is 0 Å².